The molecule has 3 unspecified atom stereocenters. The molecule has 5 heterocycles. The summed E-state index contributed by atoms with van der Waals surface area (Å²) in [4.78, 5) is 78.7. The van der Waals surface area contributed by atoms with E-state index in [0.717, 1.165) is 55.0 Å². The second kappa shape index (κ2) is 43.0. The highest BCUT2D eigenvalue weighted by atomic mass is 31.2. The van der Waals surface area contributed by atoms with Crippen LogP contribution in [0, 0.1) is 0 Å². The van der Waals surface area contributed by atoms with Crippen molar-refractivity contribution in [3.05, 3.63) is 148 Å². The predicted molar refractivity (Wildman–Crippen MR) is 452 cm³/mol. The molecule has 28 heteroatoms. The lowest BCUT2D eigenvalue weighted by molar-refractivity contribution is -0.904. The van der Waals surface area contributed by atoms with Crippen LogP contribution in [0.3, 0.4) is 0 Å². The lowest BCUT2D eigenvalue weighted by Gasteiger charge is -2.36. The summed E-state index contributed by atoms with van der Waals surface area (Å²) < 4.78 is 92.6. The number of amides is 1. The molecule has 0 aliphatic carbocycles. The molecule has 1 amide bonds. The van der Waals surface area contributed by atoms with Gasteiger partial charge in [0.2, 0.25) is 0 Å². The molecule has 1 aromatic heterocycles. The molecule has 25 nitrogen and oxygen atoms in total. The average molecular weight is 1650 g/mol. The summed E-state index contributed by atoms with van der Waals surface area (Å²) in [7, 11) is -2.06. The number of carbonyl (C=O) groups excluding carboxylic acids is 5. The molecule has 10 rings (SSSR count). The van der Waals surface area contributed by atoms with Crippen LogP contribution in [-0.4, -0.2) is 138 Å². The Kier molecular flexibility index (Phi) is 33.6. The van der Waals surface area contributed by atoms with Gasteiger partial charge < -0.3 is 61.2 Å². The maximum atomic E-state index is 14.6. The van der Waals surface area contributed by atoms with Crippen LogP contribution >= 0.6 is 7.82 Å². The van der Waals surface area contributed by atoms with Crippen LogP contribution in [0.5, 0.6) is 17.2 Å². The summed E-state index contributed by atoms with van der Waals surface area (Å²) in [6, 6.07) is 29.6. The summed E-state index contributed by atoms with van der Waals surface area (Å²) in [5, 5.41) is 11.7. The molecule has 4 aliphatic heterocycles. The van der Waals surface area contributed by atoms with Crippen LogP contribution in [0.25, 0.3) is 5.69 Å². The Morgan fingerprint density at radius 3 is 1.55 bits per heavy atom. The SMILES string of the molecule is CCCCCCCCCCCCCCCC(=O)OCC(COP(=O)(O)OCC[N+](C)(C)Cc1cn(-c2ccc3c(c2)C(=O)OC32c3ccc(NC(=O)OCc4ccc(B5OC(C)(C)C(C)(C)O5)cc4)cc3Oc3cc(OC(=O)OCc4ccc(B5OC(C)(C)C(C)(C)O5)cc4)ccc32)nn1)OC(=O)CCCCCCCCCCCCCCC. The lowest BCUT2D eigenvalue weighted by atomic mass is 9.77. The molecule has 2 N–H and O–H groups in total. The number of benzene rings is 5. The number of ether oxygens (including phenoxy) is 7. The fraction of sp³-hybridized carbons (Fsp3) is 0.589. The molecular weight excluding hydrogens is 1520 g/mol. The molecule has 0 bridgehead atoms. The minimum Gasteiger partial charge on any atom is -0.462 e. The van der Waals surface area contributed by atoms with Gasteiger partial charge in [-0.05, 0) is 127 Å². The number of carbonyl (C=O) groups is 5. The highest BCUT2D eigenvalue weighted by molar-refractivity contribution is 7.47. The predicted octanol–water partition coefficient (Wildman–Crippen LogP) is 19.0. The molecule has 2 fully saturated rings. The second-order valence-electron chi connectivity index (χ2n) is 34.6. The topological polar surface area (TPSA) is 285 Å². The first-order chi connectivity index (χ1) is 56.4. The molecule has 0 saturated carbocycles. The van der Waals surface area contributed by atoms with Gasteiger partial charge in [0.15, 0.2) is 11.7 Å². The van der Waals surface area contributed by atoms with E-state index < -0.39 is 92.9 Å². The number of anilines is 1. The third-order valence-electron chi connectivity index (χ3n) is 23.4. The monoisotopic (exact) mass is 1650 g/mol. The summed E-state index contributed by atoms with van der Waals surface area (Å²) in [6.07, 6.45) is 29.6. The summed E-state index contributed by atoms with van der Waals surface area (Å²) in [5.74, 6) is -1.19. The van der Waals surface area contributed by atoms with Crippen molar-refractivity contribution in [2.24, 2.45) is 0 Å². The molecule has 2 saturated heterocycles. The van der Waals surface area contributed by atoms with Gasteiger partial charge in [0.1, 0.15) is 62.5 Å². The van der Waals surface area contributed by atoms with Gasteiger partial charge in [-0.1, -0.05) is 228 Å². The molecule has 4 aliphatic rings. The highest BCUT2D eigenvalue weighted by Crippen LogP contribution is 2.57. The first kappa shape index (κ1) is 92.3. The third-order valence-corrected chi connectivity index (χ3v) is 24.4. The van der Waals surface area contributed by atoms with Crippen molar-refractivity contribution in [1.29, 1.82) is 0 Å². The Labute approximate surface area is 699 Å². The van der Waals surface area contributed by atoms with Crippen molar-refractivity contribution in [3.8, 4) is 22.9 Å². The van der Waals surface area contributed by atoms with E-state index in [1.54, 1.807) is 54.7 Å². The molecule has 6 aromatic rings. The maximum Gasteiger partial charge on any atom is 0.514 e. The van der Waals surface area contributed by atoms with Gasteiger partial charge in [0.05, 0.1) is 60.6 Å². The van der Waals surface area contributed by atoms with Crippen LogP contribution in [0.2, 0.25) is 0 Å². The van der Waals surface area contributed by atoms with Crippen LogP contribution < -0.4 is 25.7 Å². The zero-order valence-corrected chi connectivity index (χ0v) is 72.7. The summed E-state index contributed by atoms with van der Waals surface area (Å²) >= 11 is 0. The molecule has 3 atom stereocenters. The van der Waals surface area contributed by atoms with Gasteiger partial charge in [-0.25, -0.2) is 23.6 Å². The Hall–Kier alpha value is -7.97. The fourth-order valence-electron chi connectivity index (χ4n) is 14.9. The van der Waals surface area contributed by atoms with E-state index in [-0.39, 0.29) is 73.1 Å². The number of hydrogen-bond acceptors (Lipinski definition) is 21. The van der Waals surface area contributed by atoms with E-state index in [2.05, 4.69) is 29.5 Å². The van der Waals surface area contributed by atoms with Crippen LogP contribution in [0.4, 0.5) is 15.3 Å². The summed E-state index contributed by atoms with van der Waals surface area (Å²) in [5.41, 5.74) is 2.16. The smallest absolute Gasteiger partial charge is 0.462 e. The quantitative estimate of drug-likeness (QED) is 0.00682. The fourth-order valence-corrected chi connectivity index (χ4v) is 15.6. The number of hydrogen-bond donors (Lipinski definition) is 2. The van der Waals surface area contributed by atoms with Gasteiger partial charge in [-0.2, -0.15) is 0 Å². The second-order valence-corrected chi connectivity index (χ2v) is 36.1. The van der Waals surface area contributed by atoms with Crippen molar-refractivity contribution < 1.29 is 98.7 Å². The number of phosphoric ester groups is 1. The van der Waals surface area contributed by atoms with E-state index in [1.165, 1.54) is 126 Å². The average Bonchev–Trinajstić information content (AvgIpc) is 1.50. The molecule has 1 spiro atoms. The van der Waals surface area contributed by atoms with E-state index in [9.17, 15) is 33.4 Å². The third kappa shape index (κ3) is 26.3. The number of aromatic nitrogens is 3. The van der Waals surface area contributed by atoms with Crippen molar-refractivity contribution in [2.75, 3.05) is 45.8 Å². The Balaban J connectivity index is 0.753. The van der Waals surface area contributed by atoms with Gasteiger partial charge in [0, 0.05) is 47.4 Å². The van der Waals surface area contributed by atoms with Gasteiger partial charge in [0.25, 0.3) is 0 Å². The van der Waals surface area contributed by atoms with E-state index in [4.69, 9.17) is 60.8 Å². The largest absolute Gasteiger partial charge is 0.514 e. The Morgan fingerprint density at radius 2 is 1.03 bits per heavy atom. The van der Waals surface area contributed by atoms with Crippen LogP contribution in [0.15, 0.2) is 109 Å². The normalized spacial score (nSPS) is 17.4. The highest BCUT2D eigenvalue weighted by Gasteiger charge is 2.55. The van der Waals surface area contributed by atoms with Crippen molar-refractivity contribution in [1.82, 2.24) is 15.0 Å². The number of quaternary nitrogens is 1. The Morgan fingerprint density at radius 1 is 0.551 bits per heavy atom. The number of phosphoric acid groups is 1. The number of esters is 3. The standard InChI is InChI=1S/C90H126B2N5O20P/c1-13-15-17-19-21-23-25-27-29-31-33-35-37-39-81(98)105-64-74(110-82(99)40-38-36-34-32-30-28-26-24-22-20-18-16-14-2)65-109-118(103,104)108-56-55-97(11,12)61-71-60-96(95-94-71)72-50-53-76-75(58-72)83(100)113-90(76)77-52-49-70(93-84(101)106-62-66-41-45-68(46-42-66)91-114-86(3,4)87(5,6)115-91)57-79(77)112-80-59-73(51-54-78(80)90)111-85(102)107-63-67-43-47-69(48-44-67)92-116-88(7,8)89(9,10)117-92/h41-54,57-60,74H,13-40,55-56,61-65H2,1-12H3,(H-,93,101,103,104)/p+1. The molecule has 642 valence electrons. The zero-order chi connectivity index (χ0) is 84.6. The zero-order valence-electron chi connectivity index (χ0n) is 71.8. The van der Waals surface area contributed by atoms with Crippen LogP contribution in [-0.2, 0) is 90.9 Å². The van der Waals surface area contributed by atoms with Gasteiger partial charge >= 0.3 is 52.2 Å². The van der Waals surface area contributed by atoms with Gasteiger partial charge in [-0.15, -0.1) is 5.10 Å². The van der Waals surface area contributed by atoms with Crippen molar-refractivity contribution >= 4 is 68.8 Å². The lowest BCUT2D eigenvalue weighted by Crippen LogP contribution is -2.41. The molecule has 118 heavy (non-hydrogen) atoms. The minimum atomic E-state index is -4.72. The van der Waals surface area contributed by atoms with E-state index in [0.29, 0.717) is 58.7 Å². The molecule has 0 radical (unpaired) electrons. The van der Waals surface area contributed by atoms with Crippen LogP contribution in [0.1, 0.15) is 293 Å². The number of nitrogens with zero attached hydrogens (tertiary/aromatic N) is 4. The first-order valence-electron chi connectivity index (χ1n) is 43.1. The number of unbranched alkanes of at least 4 members (excludes halogenated alkanes) is 24. The maximum absolute atomic E-state index is 14.6. The van der Waals surface area contributed by atoms with Gasteiger partial charge in [-0.3, -0.25) is 24.0 Å². The Bertz CT molecular complexity index is 4140. The number of nitrogens with one attached hydrogen (secondary N) is 1. The van der Waals surface area contributed by atoms with E-state index in [1.807, 2.05) is 118 Å². The van der Waals surface area contributed by atoms with Crippen molar-refractivity contribution in [3.63, 3.8) is 0 Å². The van der Waals surface area contributed by atoms with Crippen molar-refractivity contribution in [2.45, 2.75) is 303 Å². The number of fused-ring (bicyclic) bond motifs is 6. The summed E-state index contributed by atoms with van der Waals surface area (Å²) in [6.45, 7) is 19.6. The minimum absolute atomic E-state index is 0.0505. The molecular formula is C90H127B2N5O20P+. The first-order valence-corrected chi connectivity index (χ1v) is 44.6. The number of rotatable bonds is 49. The molecule has 5 aromatic carbocycles. The number of likely N-dealkylation sites (N-methyl/N-ethyl adjacent to an activating group) is 1. The van der Waals surface area contributed by atoms with E-state index >= 15 is 0 Å².